The molecule has 1 atom stereocenters. The van der Waals surface area contributed by atoms with Crippen LogP contribution in [-0.4, -0.2) is 11.0 Å². The highest BCUT2D eigenvalue weighted by molar-refractivity contribution is 5.84. The predicted octanol–water partition coefficient (Wildman–Crippen LogP) is 2.31. The van der Waals surface area contributed by atoms with Crippen molar-refractivity contribution in [1.82, 2.24) is 0 Å². The topological polar surface area (TPSA) is 75.4 Å². The Labute approximate surface area is 113 Å². The van der Waals surface area contributed by atoms with Crippen LogP contribution >= 0.6 is 0 Å². The minimum Gasteiger partial charge on any atom is -0.505 e. The normalized spacial score (nSPS) is 11.9. The van der Waals surface area contributed by atoms with Crippen molar-refractivity contribution in [3.8, 4) is 5.75 Å². The zero-order valence-corrected chi connectivity index (χ0v) is 10.3. The third-order valence-electron chi connectivity index (χ3n) is 2.73. The van der Waals surface area contributed by atoms with Crippen molar-refractivity contribution in [1.29, 1.82) is 0 Å². The van der Waals surface area contributed by atoms with E-state index < -0.39 is 29.3 Å². The molecule has 0 fully saturated rings. The molecule has 104 valence electrons. The van der Waals surface area contributed by atoms with Gasteiger partial charge in [-0.1, -0.05) is 12.1 Å². The first kappa shape index (κ1) is 13.8. The summed E-state index contributed by atoms with van der Waals surface area (Å²) in [5.74, 6) is -2.62. The van der Waals surface area contributed by atoms with Crippen molar-refractivity contribution in [3.63, 3.8) is 0 Å². The Morgan fingerprint density at radius 2 is 1.95 bits per heavy atom. The number of hydrogen-bond donors (Lipinski definition) is 3. The van der Waals surface area contributed by atoms with E-state index in [4.69, 9.17) is 10.8 Å². The lowest BCUT2D eigenvalue weighted by molar-refractivity contribution is -0.118. The number of rotatable bonds is 4. The van der Waals surface area contributed by atoms with E-state index in [9.17, 15) is 13.6 Å². The second kappa shape index (κ2) is 5.56. The summed E-state index contributed by atoms with van der Waals surface area (Å²) in [6, 6.07) is 7.90. The number of hydrogen-bond acceptors (Lipinski definition) is 3. The van der Waals surface area contributed by atoms with Crippen LogP contribution in [0.25, 0.3) is 0 Å². The van der Waals surface area contributed by atoms with E-state index in [1.165, 1.54) is 24.3 Å². The molecule has 2 rings (SSSR count). The van der Waals surface area contributed by atoms with Crippen molar-refractivity contribution in [3.05, 3.63) is 59.7 Å². The fraction of sp³-hybridized carbons (Fsp3) is 0.0714. The average Bonchev–Trinajstić information content (AvgIpc) is 2.39. The third-order valence-corrected chi connectivity index (χ3v) is 2.73. The highest BCUT2D eigenvalue weighted by atomic mass is 19.1. The Bertz CT molecular complexity index is 647. The molecule has 0 aromatic heterocycles. The van der Waals surface area contributed by atoms with Crippen LogP contribution in [0, 0.1) is 11.6 Å². The van der Waals surface area contributed by atoms with Crippen LogP contribution < -0.4 is 11.1 Å². The lowest BCUT2D eigenvalue weighted by atomic mass is 10.1. The Morgan fingerprint density at radius 1 is 1.20 bits per heavy atom. The Balaban J connectivity index is 2.32. The SMILES string of the molecule is NC(=O)C(Nc1cccc(F)c1)c1ccc(O)c(F)c1. The van der Waals surface area contributed by atoms with Gasteiger partial charge in [0.15, 0.2) is 11.6 Å². The molecule has 2 aromatic carbocycles. The van der Waals surface area contributed by atoms with E-state index in [0.29, 0.717) is 5.69 Å². The summed E-state index contributed by atoms with van der Waals surface area (Å²) < 4.78 is 26.4. The van der Waals surface area contributed by atoms with Gasteiger partial charge in [0.1, 0.15) is 11.9 Å². The number of phenols is 1. The van der Waals surface area contributed by atoms with Crippen molar-refractivity contribution >= 4 is 11.6 Å². The van der Waals surface area contributed by atoms with Crippen molar-refractivity contribution in [2.75, 3.05) is 5.32 Å². The zero-order valence-electron chi connectivity index (χ0n) is 10.3. The van der Waals surface area contributed by atoms with Gasteiger partial charge in [-0.05, 0) is 35.9 Å². The van der Waals surface area contributed by atoms with Crippen LogP contribution in [0.2, 0.25) is 0 Å². The molecule has 1 amide bonds. The number of carbonyl (C=O) groups excluding carboxylic acids is 1. The highest BCUT2D eigenvalue weighted by Crippen LogP contribution is 2.24. The molecule has 0 saturated carbocycles. The number of anilines is 1. The molecule has 4 N–H and O–H groups in total. The van der Waals surface area contributed by atoms with Crippen LogP contribution in [0.3, 0.4) is 0 Å². The number of aromatic hydroxyl groups is 1. The van der Waals surface area contributed by atoms with Crippen LogP contribution in [0.15, 0.2) is 42.5 Å². The minimum atomic E-state index is -1.04. The molecule has 4 nitrogen and oxygen atoms in total. The first-order valence-electron chi connectivity index (χ1n) is 5.77. The lowest BCUT2D eigenvalue weighted by Crippen LogP contribution is -2.27. The molecule has 20 heavy (non-hydrogen) atoms. The van der Waals surface area contributed by atoms with Crippen molar-refractivity contribution < 1.29 is 18.7 Å². The fourth-order valence-corrected chi connectivity index (χ4v) is 1.77. The molecule has 0 aliphatic heterocycles. The molecular weight excluding hydrogens is 266 g/mol. The van der Waals surface area contributed by atoms with Crippen LogP contribution in [0.4, 0.5) is 14.5 Å². The Kier molecular flexibility index (Phi) is 3.84. The third kappa shape index (κ3) is 3.03. The van der Waals surface area contributed by atoms with Gasteiger partial charge < -0.3 is 16.2 Å². The molecule has 1 unspecified atom stereocenters. The van der Waals surface area contributed by atoms with E-state index in [2.05, 4.69) is 5.32 Å². The fourth-order valence-electron chi connectivity index (χ4n) is 1.77. The maximum Gasteiger partial charge on any atom is 0.244 e. The molecule has 2 aromatic rings. The largest absolute Gasteiger partial charge is 0.505 e. The molecule has 0 radical (unpaired) electrons. The number of primary amides is 1. The first-order chi connectivity index (χ1) is 9.47. The van der Waals surface area contributed by atoms with Gasteiger partial charge in [0.05, 0.1) is 0 Å². The number of benzene rings is 2. The molecular formula is C14H12F2N2O2. The molecule has 0 spiro atoms. The number of phenolic OH excluding ortho intramolecular Hbond substituents is 1. The zero-order chi connectivity index (χ0) is 14.7. The van der Waals surface area contributed by atoms with Crippen LogP contribution in [0.5, 0.6) is 5.75 Å². The van der Waals surface area contributed by atoms with E-state index >= 15 is 0 Å². The summed E-state index contributed by atoms with van der Waals surface area (Å²) in [7, 11) is 0. The predicted molar refractivity (Wildman–Crippen MR) is 70.0 cm³/mol. The van der Waals surface area contributed by atoms with Gasteiger partial charge in [0.2, 0.25) is 5.91 Å². The monoisotopic (exact) mass is 278 g/mol. The maximum absolute atomic E-state index is 13.3. The average molecular weight is 278 g/mol. The molecule has 0 bridgehead atoms. The summed E-state index contributed by atoms with van der Waals surface area (Å²) in [6.07, 6.45) is 0. The van der Waals surface area contributed by atoms with E-state index in [0.717, 1.165) is 12.1 Å². The summed E-state index contributed by atoms with van der Waals surface area (Å²) in [5, 5.41) is 11.8. The van der Waals surface area contributed by atoms with Crippen molar-refractivity contribution in [2.24, 2.45) is 5.73 Å². The molecule has 0 aliphatic carbocycles. The van der Waals surface area contributed by atoms with Gasteiger partial charge in [0, 0.05) is 5.69 Å². The van der Waals surface area contributed by atoms with Crippen LogP contribution in [-0.2, 0) is 4.79 Å². The molecule has 0 saturated heterocycles. The lowest BCUT2D eigenvalue weighted by Gasteiger charge is -2.17. The standard InChI is InChI=1S/C14H12F2N2O2/c15-9-2-1-3-10(7-9)18-13(14(17)20)8-4-5-12(19)11(16)6-8/h1-7,13,18-19H,(H2,17,20). The van der Waals surface area contributed by atoms with Crippen molar-refractivity contribution in [2.45, 2.75) is 6.04 Å². The highest BCUT2D eigenvalue weighted by Gasteiger charge is 2.19. The summed E-state index contributed by atoms with van der Waals surface area (Å²) in [5.41, 5.74) is 5.83. The van der Waals surface area contributed by atoms with Gasteiger partial charge in [0.25, 0.3) is 0 Å². The number of nitrogens with one attached hydrogen (secondary N) is 1. The second-order valence-electron chi connectivity index (χ2n) is 4.20. The smallest absolute Gasteiger partial charge is 0.244 e. The molecule has 0 aliphatic rings. The first-order valence-corrected chi connectivity index (χ1v) is 5.77. The quantitative estimate of drug-likeness (QED) is 0.803. The number of carbonyl (C=O) groups is 1. The van der Waals surface area contributed by atoms with Crippen LogP contribution in [0.1, 0.15) is 11.6 Å². The van der Waals surface area contributed by atoms with E-state index in [-0.39, 0.29) is 5.56 Å². The summed E-state index contributed by atoms with van der Waals surface area (Å²) in [4.78, 5) is 11.5. The Hall–Kier alpha value is -2.63. The molecule has 0 heterocycles. The second-order valence-corrected chi connectivity index (χ2v) is 4.20. The van der Waals surface area contributed by atoms with E-state index in [1.807, 2.05) is 0 Å². The van der Waals surface area contributed by atoms with E-state index in [1.54, 1.807) is 6.07 Å². The summed E-state index contributed by atoms with van der Waals surface area (Å²) >= 11 is 0. The van der Waals surface area contributed by atoms with Gasteiger partial charge in [-0.2, -0.15) is 0 Å². The van der Waals surface area contributed by atoms with Gasteiger partial charge >= 0.3 is 0 Å². The van der Waals surface area contributed by atoms with Gasteiger partial charge in [-0.15, -0.1) is 0 Å². The number of halogens is 2. The Morgan fingerprint density at radius 3 is 2.55 bits per heavy atom. The van der Waals surface area contributed by atoms with Gasteiger partial charge in [-0.25, -0.2) is 8.78 Å². The summed E-state index contributed by atoms with van der Waals surface area (Å²) in [6.45, 7) is 0. The number of amides is 1. The van der Waals surface area contributed by atoms with Gasteiger partial charge in [-0.3, -0.25) is 4.79 Å². The number of nitrogens with two attached hydrogens (primary N) is 1. The minimum absolute atomic E-state index is 0.233. The molecule has 6 heteroatoms. The maximum atomic E-state index is 13.3.